The number of hydrogen-bond acceptors (Lipinski definition) is 5. The molecule has 0 fully saturated rings. The lowest BCUT2D eigenvalue weighted by molar-refractivity contribution is 0.172. The second-order valence-corrected chi connectivity index (χ2v) is 3.30. The molecule has 0 aliphatic heterocycles. The van der Waals surface area contributed by atoms with E-state index in [1.54, 1.807) is 6.07 Å². The van der Waals surface area contributed by atoms with Crippen LogP contribution in [0.5, 0.6) is 5.88 Å². The highest BCUT2D eigenvalue weighted by atomic mass is 16.5. The van der Waals surface area contributed by atoms with Crippen molar-refractivity contribution in [2.75, 3.05) is 18.9 Å². The molecule has 0 aromatic carbocycles. The number of aromatic nitrogens is 2. The lowest BCUT2D eigenvalue weighted by Crippen LogP contribution is -2.23. The molecule has 0 saturated heterocycles. The van der Waals surface area contributed by atoms with Gasteiger partial charge < -0.3 is 15.7 Å². The van der Waals surface area contributed by atoms with Gasteiger partial charge in [-0.25, -0.2) is 0 Å². The number of anilines is 1. The zero-order chi connectivity index (χ0) is 12.0. The highest BCUT2D eigenvalue weighted by Crippen LogP contribution is 2.05. The predicted octanol–water partition coefficient (Wildman–Crippen LogP) is 0.802. The van der Waals surface area contributed by atoms with E-state index in [1.807, 2.05) is 6.92 Å². The first kappa shape index (κ1) is 12.4. The summed E-state index contributed by atoms with van der Waals surface area (Å²) < 4.78 is 6.14. The Morgan fingerprint density at radius 3 is 2.94 bits per heavy atom. The maximum absolute atomic E-state index is 9.50. The van der Waals surface area contributed by atoms with E-state index in [0.717, 1.165) is 17.6 Å². The fraction of sp³-hybridized carbons (Fsp3) is 0.600. The summed E-state index contributed by atoms with van der Waals surface area (Å²) in [7, 11) is 0. The summed E-state index contributed by atoms with van der Waals surface area (Å²) in [5.41, 5.74) is 5.87. The Morgan fingerprint density at radius 2 is 2.31 bits per heavy atom. The molecule has 1 rings (SSSR count). The first-order valence-electron chi connectivity index (χ1n) is 5.41. The molecule has 0 spiro atoms. The summed E-state index contributed by atoms with van der Waals surface area (Å²) >= 11 is 0. The maximum Gasteiger partial charge on any atom is 0.239 e. The molecule has 0 amide bonds. The van der Waals surface area contributed by atoms with Crippen molar-refractivity contribution in [1.82, 2.24) is 9.71 Å². The number of rotatable bonds is 5. The molecule has 16 heavy (non-hydrogen) atoms. The Morgan fingerprint density at radius 1 is 1.56 bits per heavy atom. The van der Waals surface area contributed by atoms with Crippen molar-refractivity contribution >= 4 is 5.95 Å². The molecule has 6 heteroatoms. The predicted molar refractivity (Wildman–Crippen MR) is 60.3 cm³/mol. The number of hydrogen-bond donors (Lipinski definition) is 2. The van der Waals surface area contributed by atoms with Gasteiger partial charge in [-0.15, -0.1) is 4.73 Å². The molecule has 0 bridgehead atoms. The van der Waals surface area contributed by atoms with Gasteiger partial charge in [0, 0.05) is 12.6 Å². The number of unbranched alkanes of at least 4 members (excludes halogenated alkanes) is 1. The molecule has 0 radical (unpaired) electrons. The summed E-state index contributed by atoms with van der Waals surface area (Å²) in [5.74, 6) is 0.365. The van der Waals surface area contributed by atoms with Crippen LogP contribution in [-0.2, 0) is 0 Å². The molecule has 1 aromatic rings. The minimum atomic E-state index is -0.0267. The third kappa shape index (κ3) is 3.15. The van der Waals surface area contributed by atoms with Crippen molar-refractivity contribution in [2.24, 2.45) is 4.99 Å². The molecule has 1 aromatic heterocycles. The number of nitrogens with two attached hydrogens (primary N) is 1. The van der Waals surface area contributed by atoms with Crippen LogP contribution in [0.3, 0.4) is 0 Å². The topological polar surface area (TPSA) is 85.7 Å². The average Bonchev–Trinajstić information content (AvgIpc) is 2.26. The Labute approximate surface area is 94.4 Å². The van der Waals surface area contributed by atoms with Gasteiger partial charge in [0.1, 0.15) is 0 Å². The molecule has 1 heterocycles. The van der Waals surface area contributed by atoms with Crippen LogP contribution in [0.15, 0.2) is 11.1 Å². The van der Waals surface area contributed by atoms with Gasteiger partial charge in [-0.2, -0.15) is 4.98 Å². The summed E-state index contributed by atoms with van der Waals surface area (Å²) in [6.07, 6.45) is 2.00. The van der Waals surface area contributed by atoms with Crippen LogP contribution in [0.2, 0.25) is 0 Å². The summed E-state index contributed by atoms with van der Waals surface area (Å²) in [6, 6.07) is 1.56. The molecule has 3 N–H and O–H groups in total. The van der Waals surface area contributed by atoms with Crippen LogP contribution >= 0.6 is 0 Å². The molecular weight excluding hydrogens is 208 g/mol. The van der Waals surface area contributed by atoms with Gasteiger partial charge in [-0.1, -0.05) is 13.3 Å². The van der Waals surface area contributed by atoms with Gasteiger partial charge >= 0.3 is 0 Å². The largest absolute Gasteiger partial charge is 0.477 e. The van der Waals surface area contributed by atoms with Gasteiger partial charge in [-0.3, -0.25) is 4.99 Å². The van der Waals surface area contributed by atoms with Crippen LogP contribution in [0.4, 0.5) is 5.95 Å². The van der Waals surface area contributed by atoms with Crippen molar-refractivity contribution in [3.05, 3.63) is 11.6 Å². The Balaban J connectivity index is 2.91. The second-order valence-electron chi connectivity index (χ2n) is 3.30. The van der Waals surface area contributed by atoms with E-state index in [-0.39, 0.29) is 5.95 Å². The van der Waals surface area contributed by atoms with E-state index in [4.69, 9.17) is 10.5 Å². The molecule has 0 atom stereocenters. The molecular formula is C10H18N4O2. The zero-order valence-corrected chi connectivity index (χ0v) is 9.68. The molecule has 6 nitrogen and oxygen atoms in total. The highest BCUT2D eigenvalue weighted by molar-refractivity contribution is 5.21. The van der Waals surface area contributed by atoms with E-state index in [9.17, 15) is 5.21 Å². The third-order valence-corrected chi connectivity index (χ3v) is 1.98. The molecule has 90 valence electrons. The van der Waals surface area contributed by atoms with Gasteiger partial charge in [0.25, 0.3) is 0 Å². The average molecular weight is 226 g/mol. The van der Waals surface area contributed by atoms with Gasteiger partial charge in [0.15, 0.2) is 5.49 Å². The molecule has 0 unspecified atom stereocenters. The lowest BCUT2D eigenvalue weighted by atomic mass is 10.4. The zero-order valence-electron chi connectivity index (χ0n) is 9.68. The highest BCUT2D eigenvalue weighted by Gasteiger charge is 2.03. The minimum absolute atomic E-state index is 0.0267. The van der Waals surface area contributed by atoms with Crippen LogP contribution in [-0.4, -0.2) is 28.1 Å². The van der Waals surface area contributed by atoms with E-state index < -0.39 is 0 Å². The van der Waals surface area contributed by atoms with Crippen LogP contribution < -0.4 is 16.0 Å². The Kier molecular flexibility index (Phi) is 4.63. The van der Waals surface area contributed by atoms with Crippen LogP contribution in [0.25, 0.3) is 0 Å². The fourth-order valence-corrected chi connectivity index (χ4v) is 1.15. The van der Waals surface area contributed by atoms with Crippen LogP contribution in [0.1, 0.15) is 26.7 Å². The van der Waals surface area contributed by atoms with Crippen molar-refractivity contribution < 1.29 is 9.94 Å². The van der Waals surface area contributed by atoms with E-state index in [0.29, 0.717) is 24.5 Å². The first-order chi connectivity index (χ1) is 7.69. The molecule has 0 aliphatic rings. The number of nitrogen functional groups attached to an aromatic ring is 1. The smallest absolute Gasteiger partial charge is 0.239 e. The second kappa shape index (κ2) is 5.99. The molecule has 0 saturated carbocycles. The summed E-state index contributed by atoms with van der Waals surface area (Å²) in [6.45, 7) is 5.09. The normalized spacial score (nSPS) is 11.8. The van der Waals surface area contributed by atoms with Crippen molar-refractivity contribution in [1.29, 1.82) is 0 Å². The minimum Gasteiger partial charge on any atom is -0.477 e. The monoisotopic (exact) mass is 226 g/mol. The standard InChI is InChI=1S/C10H18N4O2/c1-3-5-6-16-9-7-8(12-4-2)14(15)10(11)13-9/h7,15H,3-6H2,1-2H3,(H2,11,13). The van der Waals surface area contributed by atoms with E-state index in [2.05, 4.69) is 16.9 Å². The lowest BCUT2D eigenvalue weighted by Gasteiger charge is -2.07. The van der Waals surface area contributed by atoms with Gasteiger partial charge in [0.05, 0.1) is 6.61 Å². The molecule has 0 aliphatic carbocycles. The van der Waals surface area contributed by atoms with Crippen molar-refractivity contribution in [3.63, 3.8) is 0 Å². The third-order valence-electron chi connectivity index (χ3n) is 1.98. The number of nitrogens with zero attached hydrogens (tertiary/aromatic N) is 3. The SMILES string of the molecule is CCCCOc1cc(=NCC)n(O)c(N)n1. The van der Waals surface area contributed by atoms with E-state index in [1.165, 1.54) is 0 Å². The van der Waals surface area contributed by atoms with Gasteiger partial charge in [0.2, 0.25) is 11.8 Å². The van der Waals surface area contributed by atoms with Gasteiger partial charge in [-0.05, 0) is 13.3 Å². The van der Waals surface area contributed by atoms with E-state index >= 15 is 0 Å². The van der Waals surface area contributed by atoms with Crippen LogP contribution in [0, 0.1) is 0 Å². The van der Waals surface area contributed by atoms with Crippen molar-refractivity contribution in [3.8, 4) is 5.88 Å². The summed E-state index contributed by atoms with van der Waals surface area (Å²) in [5, 5.41) is 9.50. The summed E-state index contributed by atoms with van der Waals surface area (Å²) in [4.78, 5) is 7.96. The Bertz CT molecular complexity index is 400. The maximum atomic E-state index is 9.50. The fourth-order valence-electron chi connectivity index (χ4n) is 1.15. The van der Waals surface area contributed by atoms with Crippen molar-refractivity contribution in [2.45, 2.75) is 26.7 Å². The number of ether oxygens (including phenoxy) is 1. The Hall–Kier alpha value is -1.72. The first-order valence-corrected chi connectivity index (χ1v) is 5.41. The quantitative estimate of drug-likeness (QED) is 0.574.